The molecule has 0 radical (unpaired) electrons. The van der Waals surface area contributed by atoms with Crippen molar-refractivity contribution in [3.05, 3.63) is 62.7 Å². The van der Waals surface area contributed by atoms with E-state index in [1.165, 1.54) is 6.07 Å². The lowest BCUT2D eigenvalue weighted by Crippen LogP contribution is -2.45. The standard InChI is InChI=1S/C27H34ClN3O5/c1-19(2)15-30(16-20-13-23(28)26-25(14-20)35-11-6-12-36-26)27(32)22-8-5-10-29(18-22)17-21-7-3-4-9-24(21)31(33)34/h3-4,7,9,13-14,19,22H,5-6,8,10-12,15-18H2,1-2H3/t22-/m1/s1. The van der Waals surface area contributed by atoms with E-state index >= 15 is 0 Å². The number of hydrogen-bond donors (Lipinski definition) is 0. The van der Waals surface area contributed by atoms with E-state index in [-0.39, 0.29) is 22.4 Å². The fraction of sp³-hybridized carbons (Fsp3) is 0.519. The van der Waals surface area contributed by atoms with Crippen molar-refractivity contribution in [3.63, 3.8) is 0 Å². The molecule has 0 bridgehead atoms. The van der Waals surface area contributed by atoms with Crippen LogP contribution in [0.1, 0.15) is 44.2 Å². The Kier molecular flexibility index (Phi) is 8.69. The van der Waals surface area contributed by atoms with Crippen LogP contribution in [0.3, 0.4) is 0 Å². The molecule has 0 aromatic heterocycles. The van der Waals surface area contributed by atoms with E-state index < -0.39 is 0 Å². The predicted octanol–water partition coefficient (Wildman–Crippen LogP) is 5.31. The lowest BCUT2D eigenvalue weighted by Gasteiger charge is -2.35. The summed E-state index contributed by atoms with van der Waals surface area (Å²) in [4.78, 5) is 28.9. The summed E-state index contributed by atoms with van der Waals surface area (Å²) >= 11 is 6.51. The molecule has 1 fully saturated rings. The second-order valence-electron chi connectivity index (χ2n) is 10.0. The molecule has 1 amide bonds. The van der Waals surface area contributed by atoms with Crippen molar-refractivity contribution in [2.45, 2.75) is 46.2 Å². The van der Waals surface area contributed by atoms with Gasteiger partial charge in [0.1, 0.15) is 0 Å². The van der Waals surface area contributed by atoms with Crippen molar-refractivity contribution in [1.29, 1.82) is 0 Å². The summed E-state index contributed by atoms with van der Waals surface area (Å²) in [5, 5.41) is 11.9. The largest absolute Gasteiger partial charge is 0.489 e. The first-order valence-electron chi connectivity index (χ1n) is 12.6. The molecule has 2 aromatic carbocycles. The normalized spacial score (nSPS) is 18.1. The highest BCUT2D eigenvalue weighted by Crippen LogP contribution is 2.38. The molecule has 0 aliphatic carbocycles. The van der Waals surface area contributed by atoms with E-state index in [4.69, 9.17) is 21.1 Å². The minimum absolute atomic E-state index is 0.110. The highest BCUT2D eigenvalue weighted by atomic mass is 35.5. The number of halogens is 1. The van der Waals surface area contributed by atoms with Crippen LogP contribution in [0.4, 0.5) is 5.69 Å². The highest BCUT2D eigenvalue weighted by Gasteiger charge is 2.31. The predicted molar refractivity (Wildman–Crippen MR) is 138 cm³/mol. The van der Waals surface area contributed by atoms with Gasteiger partial charge in [0.05, 0.1) is 29.1 Å². The molecule has 0 saturated carbocycles. The maximum absolute atomic E-state index is 13.7. The number of nitro benzene ring substituents is 1. The Balaban J connectivity index is 1.48. The van der Waals surface area contributed by atoms with Crippen LogP contribution in [0.25, 0.3) is 0 Å². The topological polar surface area (TPSA) is 85.2 Å². The Labute approximate surface area is 217 Å². The van der Waals surface area contributed by atoms with Gasteiger partial charge in [0, 0.05) is 44.2 Å². The maximum Gasteiger partial charge on any atom is 0.273 e. The fourth-order valence-electron chi connectivity index (χ4n) is 4.99. The van der Waals surface area contributed by atoms with Crippen molar-refractivity contribution in [2.24, 2.45) is 11.8 Å². The van der Waals surface area contributed by atoms with Crippen LogP contribution < -0.4 is 9.47 Å². The van der Waals surface area contributed by atoms with E-state index in [1.807, 2.05) is 23.1 Å². The minimum Gasteiger partial charge on any atom is -0.489 e. The molecule has 2 aliphatic rings. The van der Waals surface area contributed by atoms with Crippen molar-refractivity contribution in [3.8, 4) is 11.5 Å². The van der Waals surface area contributed by atoms with Crippen LogP contribution in [0, 0.1) is 22.0 Å². The van der Waals surface area contributed by atoms with E-state index in [1.54, 1.807) is 12.1 Å². The molecular formula is C27H34ClN3O5. The summed E-state index contributed by atoms with van der Waals surface area (Å²) in [7, 11) is 0. The Morgan fingerprint density at radius 3 is 2.78 bits per heavy atom. The molecule has 36 heavy (non-hydrogen) atoms. The number of amides is 1. The van der Waals surface area contributed by atoms with Crippen molar-refractivity contribution in [1.82, 2.24) is 9.80 Å². The molecule has 2 heterocycles. The van der Waals surface area contributed by atoms with Gasteiger partial charge in [-0.05, 0) is 43.0 Å². The maximum atomic E-state index is 13.7. The number of carbonyl (C=O) groups is 1. The van der Waals surface area contributed by atoms with Gasteiger partial charge in [0.15, 0.2) is 11.5 Å². The molecule has 8 nitrogen and oxygen atoms in total. The molecule has 0 unspecified atom stereocenters. The number of ether oxygens (including phenoxy) is 2. The van der Waals surface area contributed by atoms with Crippen molar-refractivity contribution >= 4 is 23.2 Å². The number of para-hydroxylation sites is 1. The lowest BCUT2D eigenvalue weighted by molar-refractivity contribution is -0.385. The number of hydrogen-bond acceptors (Lipinski definition) is 6. The molecule has 2 aliphatic heterocycles. The number of carbonyl (C=O) groups excluding carboxylic acids is 1. The highest BCUT2D eigenvalue weighted by molar-refractivity contribution is 6.32. The summed E-state index contributed by atoms with van der Waals surface area (Å²) in [6.07, 6.45) is 2.48. The number of nitrogens with zero attached hydrogens (tertiary/aromatic N) is 3. The Hall–Kier alpha value is -2.84. The van der Waals surface area contributed by atoms with E-state index in [0.29, 0.717) is 67.4 Å². The van der Waals surface area contributed by atoms with Crippen LogP contribution in [0.5, 0.6) is 11.5 Å². The van der Waals surface area contributed by atoms with E-state index in [0.717, 1.165) is 31.4 Å². The number of piperidine rings is 1. The zero-order valence-corrected chi connectivity index (χ0v) is 21.7. The number of rotatable bonds is 8. The monoisotopic (exact) mass is 515 g/mol. The molecule has 1 atom stereocenters. The number of nitro groups is 1. The minimum atomic E-state index is -0.341. The second kappa shape index (κ2) is 11.9. The molecule has 2 aromatic rings. The Morgan fingerprint density at radius 1 is 1.22 bits per heavy atom. The molecule has 0 N–H and O–H groups in total. The van der Waals surface area contributed by atoms with Crippen LogP contribution in [0.2, 0.25) is 5.02 Å². The average Bonchev–Trinajstić information content (AvgIpc) is 3.09. The van der Waals surface area contributed by atoms with E-state index in [9.17, 15) is 14.9 Å². The number of benzene rings is 2. The smallest absolute Gasteiger partial charge is 0.273 e. The van der Waals surface area contributed by atoms with Crippen molar-refractivity contribution < 1.29 is 19.2 Å². The second-order valence-corrected chi connectivity index (χ2v) is 10.4. The van der Waals surface area contributed by atoms with Crippen LogP contribution >= 0.6 is 11.6 Å². The van der Waals surface area contributed by atoms with Crippen LogP contribution in [0.15, 0.2) is 36.4 Å². The van der Waals surface area contributed by atoms with Crippen LogP contribution in [-0.4, -0.2) is 53.5 Å². The summed E-state index contributed by atoms with van der Waals surface area (Å²) in [6, 6.07) is 10.6. The van der Waals surface area contributed by atoms with Gasteiger partial charge in [-0.25, -0.2) is 0 Å². The summed E-state index contributed by atoms with van der Waals surface area (Å²) in [5.41, 5.74) is 1.71. The third kappa shape index (κ3) is 6.48. The van der Waals surface area contributed by atoms with Gasteiger partial charge in [-0.1, -0.05) is 43.6 Å². The molecular weight excluding hydrogens is 482 g/mol. The number of fused-ring (bicyclic) bond motifs is 1. The Bertz CT molecular complexity index is 1090. The first kappa shape index (κ1) is 26.2. The quantitative estimate of drug-likeness (QED) is 0.350. The van der Waals surface area contributed by atoms with Crippen molar-refractivity contribution in [2.75, 3.05) is 32.8 Å². The number of likely N-dealkylation sites (tertiary alicyclic amines) is 1. The lowest BCUT2D eigenvalue weighted by atomic mass is 9.95. The zero-order chi connectivity index (χ0) is 25.7. The first-order chi connectivity index (χ1) is 17.3. The summed E-state index contributed by atoms with van der Waals surface area (Å²) in [6.45, 7) is 8.26. The van der Waals surface area contributed by atoms with Gasteiger partial charge in [-0.15, -0.1) is 0 Å². The van der Waals surface area contributed by atoms with Crippen LogP contribution in [-0.2, 0) is 17.9 Å². The third-order valence-electron chi connectivity index (χ3n) is 6.57. The average molecular weight is 516 g/mol. The van der Waals surface area contributed by atoms with Gasteiger partial charge in [0.25, 0.3) is 5.69 Å². The third-order valence-corrected chi connectivity index (χ3v) is 6.85. The molecule has 194 valence electrons. The molecule has 1 saturated heterocycles. The molecule has 0 spiro atoms. The zero-order valence-electron chi connectivity index (χ0n) is 21.0. The van der Waals surface area contributed by atoms with Gasteiger partial charge in [0.2, 0.25) is 5.91 Å². The SMILES string of the molecule is CC(C)CN(Cc1cc(Cl)c2c(c1)OCCCO2)C(=O)[C@@H]1CCCN(Cc2ccccc2[N+](=O)[O-])C1. The molecule has 9 heteroatoms. The first-order valence-corrected chi connectivity index (χ1v) is 13.0. The van der Waals surface area contributed by atoms with Gasteiger partial charge >= 0.3 is 0 Å². The molecule has 4 rings (SSSR count). The van der Waals surface area contributed by atoms with E-state index in [2.05, 4.69) is 18.7 Å². The Morgan fingerprint density at radius 2 is 2.00 bits per heavy atom. The fourth-order valence-corrected chi connectivity index (χ4v) is 5.28. The summed E-state index contributed by atoms with van der Waals surface area (Å²) in [5.74, 6) is 1.45. The van der Waals surface area contributed by atoms with Gasteiger partial charge in [-0.3, -0.25) is 19.8 Å². The van der Waals surface area contributed by atoms with Gasteiger partial charge < -0.3 is 14.4 Å². The van der Waals surface area contributed by atoms with Gasteiger partial charge in [-0.2, -0.15) is 0 Å². The summed E-state index contributed by atoms with van der Waals surface area (Å²) < 4.78 is 11.6.